The van der Waals surface area contributed by atoms with Gasteiger partial charge in [0.2, 0.25) is 0 Å². The second-order valence-corrected chi connectivity index (χ2v) is 4.76. The minimum absolute atomic E-state index is 0.0720. The Kier molecular flexibility index (Phi) is 5.01. The summed E-state index contributed by atoms with van der Waals surface area (Å²) in [5.74, 6) is -1.43. The number of halogens is 5. The summed E-state index contributed by atoms with van der Waals surface area (Å²) in [6.07, 6.45) is -4.49. The van der Waals surface area contributed by atoms with E-state index in [0.717, 1.165) is 0 Å². The van der Waals surface area contributed by atoms with Crippen LogP contribution >= 0.6 is 27.5 Å². The van der Waals surface area contributed by atoms with Gasteiger partial charge in [0.25, 0.3) is 0 Å². The quantitative estimate of drug-likeness (QED) is 0.879. The second kappa shape index (κ2) is 5.90. The summed E-state index contributed by atoms with van der Waals surface area (Å²) in [5.41, 5.74) is 0.0720. The lowest BCUT2D eigenvalue weighted by atomic mass is 10.1. The molecule has 0 saturated carbocycles. The van der Waals surface area contributed by atoms with Gasteiger partial charge >= 0.3 is 12.1 Å². The van der Waals surface area contributed by atoms with Crippen LogP contribution in [0.5, 0.6) is 0 Å². The van der Waals surface area contributed by atoms with E-state index in [1.165, 1.54) is 12.1 Å². The van der Waals surface area contributed by atoms with Crippen LogP contribution in [-0.4, -0.2) is 23.8 Å². The number of benzene rings is 1. The highest BCUT2D eigenvalue weighted by Gasteiger charge is 2.31. The van der Waals surface area contributed by atoms with Crippen LogP contribution in [0.15, 0.2) is 22.7 Å². The van der Waals surface area contributed by atoms with E-state index in [4.69, 9.17) is 16.7 Å². The number of hydrogen-bond acceptors (Lipinski definition) is 2. The number of aliphatic carboxylic acids is 1. The zero-order valence-corrected chi connectivity index (χ0v) is 11.1. The van der Waals surface area contributed by atoms with Crippen molar-refractivity contribution in [1.82, 2.24) is 5.32 Å². The number of rotatable bonds is 4. The molecular weight excluding hydrogens is 338 g/mol. The number of alkyl halides is 3. The number of carboxylic acid groups (broad SMARTS) is 1. The third kappa shape index (κ3) is 4.47. The lowest BCUT2D eigenvalue weighted by molar-refractivity contribution is -0.143. The molecule has 0 fully saturated rings. The smallest absolute Gasteiger partial charge is 0.401 e. The van der Waals surface area contributed by atoms with Crippen molar-refractivity contribution in [3.05, 3.63) is 33.3 Å². The Morgan fingerprint density at radius 3 is 2.61 bits per heavy atom. The second-order valence-electron chi connectivity index (χ2n) is 3.43. The summed E-state index contributed by atoms with van der Waals surface area (Å²) in [6, 6.07) is 2.82. The van der Waals surface area contributed by atoms with Crippen molar-refractivity contribution < 1.29 is 23.1 Å². The van der Waals surface area contributed by atoms with Crippen LogP contribution in [0, 0.1) is 0 Å². The molecule has 2 N–H and O–H groups in total. The van der Waals surface area contributed by atoms with Crippen LogP contribution in [0.1, 0.15) is 11.6 Å². The highest BCUT2D eigenvalue weighted by molar-refractivity contribution is 9.10. The molecule has 0 aliphatic carbocycles. The number of carboxylic acids is 1. The molecule has 1 rings (SSSR count). The van der Waals surface area contributed by atoms with Gasteiger partial charge in [-0.15, -0.1) is 0 Å². The Morgan fingerprint density at radius 2 is 2.11 bits per heavy atom. The SMILES string of the molecule is O=C(O)C(NCC(F)(F)F)c1cc(Br)ccc1Cl. The first kappa shape index (κ1) is 15.3. The maximum atomic E-state index is 12.1. The molecule has 0 aliphatic heterocycles. The van der Waals surface area contributed by atoms with E-state index >= 15 is 0 Å². The zero-order valence-electron chi connectivity index (χ0n) is 8.76. The molecule has 0 saturated heterocycles. The Hall–Kier alpha value is -0.790. The van der Waals surface area contributed by atoms with Crippen molar-refractivity contribution in [1.29, 1.82) is 0 Å². The fourth-order valence-electron chi connectivity index (χ4n) is 1.28. The van der Waals surface area contributed by atoms with Crippen LogP contribution in [0.3, 0.4) is 0 Å². The Bertz CT molecular complexity index is 453. The summed E-state index contributed by atoms with van der Waals surface area (Å²) in [6.45, 7) is -1.41. The largest absolute Gasteiger partial charge is 0.480 e. The van der Waals surface area contributed by atoms with Crippen molar-refractivity contribution in [3.63, 3.8) is 0 Å². The fraction of sp³-hybridized carbons (Fsp3) is 0.300. The Morgan fingerprint density at radius 1 is 1.50 bits per heavy atom. The van der Waals surface area contributed by atoms with Crippen LogP contribution in [0.4, 0.5) is 13.2 Å². The van der Waals surface area contributed by atoms with Crippen molar-refractivity contribution >= 4 is 33.5 Å². The van der Waals surface area contributed by atoms with E-state index < -0.39 is 24.7 Å². The van der Waals surface area contributed by atoms with Crippen molar-refractivity contribution in [2.45, 2.75) is 12.2 Å². The average Bonchev–Trinajstić information content (AvgIpc) is 2.21. The van der Waals surface area contributed by atoms with Gasteiger partial charge in [0, 0.05) is 9.50 Å². The molecule has 1 aromatic rings. The Labute approximate surface area is 114 Å². The van der Waals surface area contributed by atoms with Gasteiger partial charge in [0.05, 0.1) is 6.54 Å². The van der Waals surface area contributed by atoms with Crippen LogP contribution < -0.4 is 5.32 Å². The highest BCUT2D eigenvalue weighted by atomic mass is 79.9. The average molecular weight is 347 g/mol. The van der Waals surface area contributed by atoms with Gasteiger partial charge in [0.1, 0.15) is 6.04 Å². The molecule has 0 bridgehead atoms. The summed E-state index contributed by atoms with van der Waals surface area (Å²) in [4.78, 5) is 11.0. The molecule has 0 radical (unpaired) electrons. The molecule has 0 aromatic heterocycles. The van der Waals surface area contributed by atoms with Gasteiger partial charge in [-0.05, 0) is 23.8 Å². The summed E-state index contributed by atoms with van der Waals surface area (Å²) < 4.78 is 36.8. The molecule has 100 valence electrons. The maximum Gasteiger partial charge on any atom is 0.401 e. The molecule has 8 heteroatoms. The summed E-state index contributed by atoms with van der Waals surface area (Å²) in [7, 11) is 0. The molecule has 1 aromatic carbocycles. The lowest BCUT2D eigenvalue weighted by Gasteiger charge is -2.17. The normalized spacial score (nSPS) is 13.4. The van der Waals surface area contributed by atoms with Gasteiger partial charge in [-0.3, -0.25) is 10.1 Å². The summed E-state index contributed by atoms with van der Waals surface area (Å²) in [5, 5.41) is 10.9. The summed E-state index contributed by atoms with van der Waals surface area (Å²) >= 11 is 8.88. The lowest BCUT2D eigenvalue weighted by Crippen LogP contribution is -2.36. The molecule has 1 unspecified atom stereocenters. The topological polar surface area (TPSA) is 49.3 Å². The van der Waals surface area contributed by atoms with Crippen LogP contribution in [0.2, 0.25) is 5.02 Å². The minimum atomic E-state index is -4.49. The monoisotopic (exact) mass is 345 g/mol. The predicted molar refractivity (Wildman–Crippen MR) is 63.6 cm³/mol. The van der Waals surface area contributed by atoms with E-state index in [1.54, 1.807) is 6.07 Å². The van der Waals surface area contributed by atoms with E-state index in [2.05, 4.69) is 15.9 Å². The first-order valence-corrected chi connectivity index (χ1v) is 5.85. The standard InChI is InChI=1S/C10H8BrClF3NO2/c11-5-1-2-7(12)6(3-5)8(9(17)18)16-4-10(13,14)15/h1-3,8,16H,4H2,(H,17,18). The molecule has 0 aliphatic rings. The first-order chi connectivity index (χ1) is 8.20. The third-order valence-corrected chi connectivity index (χ3v) is 2.86. The van der Waals surface area contributed by atoms with Crippen LogP contribution in [0.25, 0.3) is 0 Å². The van der Waals surface area contributed by atoms with Gasteiger partial charge < -0.3 is 5.11 Å². The van der Waals surface area contributed by atoms with E-state index in [1.807, 2.05) is 5.32 Å². The van der Waals surface area contributed by atoms with E-state index in [0.29, 0.717) is 4.47 Å². The number of nitrogens with one attached hydrogen (secondary N) is 1. The number of hydrogen-bond donors (Lipinski definition) is 2. The van der Waals surface area contributed by atoms with E-state index in [9.17, 15) is 18.0 Å². The molecule has 18 heavy (non-hydrogen) atoms. The van der Waals surface area contributed by atoms with Gasteiger partial charge in [-0.1, -0.05) is 27.5 Å². The molecular formula is C10H8BrClF3NO2. The van der Waals surface area contributed by atoms with Crippen molar-refractivity contribution in [2.75, 3.05) is 6.54 Å². The van der Waals surface area contributed by atoms with Crippen LogP contribution in [-0.2, 0) is 4.79 Å². The highest BCUT2D eigenvalue weighted by Crippen LogP contribution is 2.27. The van der Waals surface area contributed by atoms with Crippen molar-refractivity contribution in [2.24, 2.45) is 0 Å². The van der Waals surface area contributed by atoms with Gasteiger partial charge in [-0.2, -0.15) is 13.2 Å². The Balaban J connectivity index is 2.98. The zero-order chi connectivity index (χ0) is 13.9. The maximum absolute atomic E-state index is 12.1. The molecule has 0 amide bonds. The van der Waals surface area contributed by atoms with E-state index in [-0.39, 0.29) is 10.6 Å². The number of carbonyl (C=O) groups is 1. The minimum Gasteiger partial charge on any atom is -0.480 e. The molecule has 1 atom stereocenters. The molecule has 0 spiro atoms. The van der Waals surface area contributed by atoms with Gasteiger partial charge in [0.15, 0.2) is 0 Å². The molecule has 3 nitrogen and oxygen atoms in total. The van der Waals surface area contributed by atoms with Gasteiger partial charge in [-0.25, -0.2) is 0 Å². The first-order valence-electron chi connectivity index (χ1n) is 4.68. The van der Waals surface area contributed by atoms with Crippen molar-refractivity contribution in [3.8, 4) is 0 Å². The molecule has 0 heterocycles. The third-order valence-electron chi connectivity index (χ3n) is 2.02. The fourth-order valence-corrected chi connectivity index (χ4v) is 1.89. The predicted octanol–water partition coefficient (Wildman–Crippen LogP) is 3.38.